The lowest BCUT2D eigenvalue weighted by molar-refractivity contribution is -0.0189. The average molecular weight is 336 g/mol. The molecule has 2 fully saturated rings. The van der Waals surface area contributed by atoms with Gasteiger partial charge >= 0.3 is 0 Å². The van der Waals surface area contributed by atoms with Crippen LogP contribution >= 0.6 is 0 Å². The summed E-state index contributed by atoms with van der Waals surface area (Å²) < 4.78 is 6.97. The summed E-state index contributed by atoms with van der Waals surface area (Å²) in [4.78, 5) is 0. The van der Waals surface area contributed by atoms with Crippen LogP contribution in [0, 0.1) is 34.5 Å². The molecule has 0 saturated heterocycles. The first-order valence-corrected chi connectivity index (χ1v) is 12.5. The molecule has 0 N–H and O–H groups in total. The number of nitriles is 1. The summed E-state index contributed by atoms with van der Waals surface area (Å²) in [5.41, 5.74) is 0.411. The lowest BCUT2D eigenvalue weighted by Gasteiger charge is -2.48. The number of hydrogen-bond acceptors (Lipinski definition) is 2. The van der Waals surface area contributed by atoms with E-state index >= 15 is 0 Å². The summed E-state index contributed by atoms with van der Waals surface area (Å²) in [5.74, 6) is 2.00. The topological polar surface area (TPSA) is 33.0 Å². The first kappa shape index (κ1) is 19.0. The molecule has 0 aromatic heterocycles. The molecule has 0 aromatic carbocycles. The molecule has 0 aliphatic heterocycles. The summed E-state index contributed by atoms with van der Waals surface area (Å²) in [6, 6.07) is 6.18. The monoisotopic (exact) mass is 335 g/mol. The molecule has 3 heteroatoms. The highest BCUT2D eigenvalue weighted by Gasteiger charge is 2.53. The van der Waals surface area contributed by atoms with E-state index in [-0.39, 0.29) is 0 Å². The van der Waals surface area contributed by atoms with Gasteiger partial charge in [-0.3, -0.25) is 0 Å². The number of fused-ring (bicyclic) bond motifs is 1. The Morgan fingerprint density at radius 2 is 1.83 bits per heavy atom. The highest BCUT2D eigenvalue weighted by molar-refractivity contribution is 6.73. The zero-order chi connectivity index (χ0) is 17.1. The van der Waals surface area contributed by atoms with Gasteiger partial charge in [0.05, 0.1) is 6.07 Å². The molecular formula is C20H37NOSi. The van der Waals surface area contributed by atoms with Gasteiger partial charge in [-0.1, -0.05) is 41.0 Å². The predicted molar refractivity (Wildman–Crippen MR) is 99.6 cm³/mol. The molecule has 2 saturated carbocycles. The van der Waals surface area contributed by atoms with E-state index in [0.717, 1.165) is 18.3 Å². The third kappa shape index (κ3) is 3.54. The Hall–Kier alpha value is -0.333. The van der Waals surface area contributed by atoms with E-state index < -0.39 is 8.32 Å². The van der Waals surface area contributed by atoms with Crippen LogP contribution in [0.4, 0.5) is 0 Å². The molecule has 0 spiro atoms. The molecule has 132 valence electrons. The van der Waals surface area contributed by atoms with E-state index in [9.17, 15) is 0 Å². The Kier molecular flexibility index (Phi) is 6.36. The molecule has 23 heavy (non-hydrogen) atoms. The molecule has 0 aromatic rings. The first-order chi connectivity index (χ1) is 11.0. The Labute approximate surface area is 145 Å². The summed E-state index contributed by atoms with van der Waals surface area (Å²) in [7, 11) is -1.51. The lowest BCUT2D eigenvalue weighted by Crippen LogP contribution is -2.48. The molecule has 0 unspecified atom stereocenters. The normalized spacial score (nSPS) is 35.6. The van der Waals surface area contributed by atoms with Crippen LogP contribution in [0.15, 0.2) is 0 Å². The lowest BCUT2D eigenvalue weighted by atomic mass is 9.61. The average Bonchev–Trinajstić information content (AvgIpc) is 2.91. The highest BCUT2D eigenvalue weighted by Crippen LogP contribution is 2.59. The quantitative estimate of drug-likeness (QED) is 0.523. The fraction of sp³-hybridized carbons (Fsp3) is 0.950. The Bertz CT molecular complexity index is 420. The smallest absolute Gasteiger partial charge is 0.192 e. The van der Waals surface area contributed by atoms with Gasteiger partial charge in [0, 0.05) is 12.5 Å². The van der Waals surface area contributed by atoms with Crippen molar-refractivity contribution in [2.24, 2.45) is 23.2 Å². The predicted octanol–water partition coefficient (Wildman–Crippen LogP) is 6.14. The largest absolute Gasteiger partial charge is 0.414 e. The van der Waals surface area contributed by atoms with Crippen LogP contribution in [0.1, 0.15) is 73.1 Å². The molecule has 2 aliphatic rings. The Balaban J connectivity index is 2.16. The van der Waals surface area contributed by atoms with E-state index in [0.29, 0.717) is 17.4 Å². The van der Waals surface area contributed by atoms with Crippen molar-refractivity contribution < 1.29 is 4.43 Å². The van der Waals surface area contributed by atoms with Crippen molar-refractivity contribution in [3.8, 4) is 6.07 Å². The Morgan fingerprint density at radius 3 is 2.39 bits per heavy atom. The third-order valence-electron chi connectivity index (χ3n) is 7.57. The minimum atomic E-state index is -1.51. The number of hydrogen-bond donors (Lipinski definition) is 0. The first-order valence-electron chi connectivity index (χ1n) is 10.0. The summed E-state index contributed by atoms with van der Waals surface area (Å²) >= 11 is 0. The maximum atomic E-state index is 9.11. The van der Waals surface area contributed by atoms with Crippen molar-refractivity contribution in [3.05, 3.63) is 0 Å². The van der Waals surface area contributed by atoms with Crippen LogP contribution in [0.2, 0.25) is 18.1 Å². The zero-order valence-electron chi connectivity index (χ0n) is 16.0. The zero-order valence-corrected chi connectivity index (χ0v) is 17.0. The van der Waals surface area contributed by atoms with Crippen molar-refractivity contribution >= 4 is 8.32 Å². The minimum absolute atomic E-state index is 0.411. The van der Waals surface area contributed by atoms with Crippen molar-refractivity contribution in [2.75, 3.05) is 0 Å². The molecule has 0 bridgehead atoms. The second-order valence-corrected chi connectivity index (χ2v) is 13.2. The van der Waals surface area contributed by atoms with Crippen LogP contribution in [0.25, 0.3) is 0 Å². The van der Waals surface area contributed by atoms with Gasteiger partial charge in [-0.2, -0.15) is 5.26 Å². The number of nitrogens with zero attached hydrogens (tertiary/aromatic N) is 1. The molecule has 2 rings (SSSR count). The fourth-order valence-corrected chi connectivity index (χ4v) is 8.77. The van der Waals surface area contributed by atoms with Gasteiger partial charge in [0.25, 0.3) is 0 Å². The van der Waals surface area contributed by atoms with Gasteiger partial charge in [0.15, 0.2) is 8.32 Å². The third-order valence-corrected chi connectivity index (χ3v) is 12.2. The van der Waals surface area contributed by atoms with Crippen LogP contribution < -0.4 is 0 Å². The second kappa shape index (κ2) is 7.70. The molecule has 5 atom stereocenters. The van der Waals surface area contributed by atoms with Crippen molar-refractivity contribution in [3.63, 3.8) is 0 Å². The molecule has 0 amide bonds. The van der Waals surface area contributed by atoms with Crippen molar-refractivity contribution in [1.82, 2.24) is 0 Å². The maximum Gasteiger partial charge on any atom is 0.192 e. The van der Waals surface area contributed by atoms with Crippen LogP contribution in [-0.2, 0) is 4.43 Å². The number of rotatable bonds is 7. The molecule has 2 aliphatic carbocycles. The van der Waals surface area contributed by atoms with Crippen LogP contribution in [-0.4, -0.2) is 14.4 Å². The minimum Gasteiger partial charge on any atom is -0.414 e. The molecular weight excluding hydrogens is 298 g/mol. The molecule has 0 heterocycles. The highest BCUT2D eigenvalue weighted by atomic mass is 28.4. The maximum absolute atomic E-state index is 9.11. The van der Waals surface area contributed by atoms with Gasteiger partial charge in [-0.05, 0) is 67.0 Å². The summed E-state index contributed by atoms with van der Waals surface area (Å²) in [6.45, 7) is 11.8. The van der Waals surface area contributed by atoms with Gasteiger partial charge < -0.3 is 4.43 Å². The van der Waals surface area contributed by atoms with E-state index in [2.05, 4.69) is 40.7 Å². The summed E-state index contributed by atoms with van der Waals surface area (Å²) in [5, 5.41) is 9.11. The standard InChI is InChI=1S/C20H37NOSi/c1-6-23(7-2,8-3)22-19-10-9-14-20(5)17(11-12-18(19)20)16(4)13-15-21/h16-19H,6-14H2,1-5H3/t16-,17-,18+,19+,20-/m1/s1. The van der Waals surface area contributed by atoms with Crippen molar-refractivity contribution in [2.45, 2.75) is 97.4 Å². The van der Waals surface area contributed by atoms with Crippen LogP contribution in [0.5, 0.6) is 0 Å². The van der Waals surface area contributed by atoms with E-state index in [1.165, 1.54) is 50.2 Å². The van der Waals surface area contributed by atoms with E-state index in [4.69, 9.17) is 9.69 Å². The second-order valence-electron chi connectivity index (χ2n) is 8.43. The molecule has 0 radical (unpaired) electrons. The van der Waals surface area contributed by atoms with Gasteiger partial charge in [-0.25, -0.2) is 0 Å². The molecule has 2 nitrogen and oxygen atoms in total. The van der Waals surface area contributed by atoms with E-state index in [1.807, 2.05) is 0 Å². The van der Waals surface area contributed by atoms with Gasteiger partial charge in [-0.15, -0.1) is 0 Å². The van der Waals surface area contributed by atoms with Crippen molar-refractivity contribution in [1.29, 1.82) is 5.26 Å². The van der Waals surface area contributed by atoms with Gasteiger partial charge in [0.2, 0.25) is 0 Å². The van der Waals surface area contributed by atoms with Gasteiger partial charge in [0.1, 0.15) is 0 Å². The summed E-state index contributed by atoms with van der Waals surface area (Å²) in [6.07, 6.45) is 7.78. The fourth-order valence-electron chi connectivity index (χ4n) is 5.84. The van der Waals surface area contributed by atoms with Crippen LogP contribution in [0.3, 0.4) is 0 Å². The Morgan fingerprint density at radius 1 is 1.17 bits per heavy atom. The van der Waals surface area contributed by atoms with E-state index in [1.54, 1.807) is 0 Å². The SMILES string of the molecule is CC[Si](CC)(CC)O[C@H]1CCC[C@]2(C)[C@@H]([C@H](C)CC#N)CC[C@@H]12.